The molecule has 1 heteroatoms. The van der Waals surface area contributed by atoms with Crippen LogP contribution in [0.5, 0.6) is 0 Å². The Labute approximate surface area is 179 Å². The zero-order chi connectivity index (χ0) is 20.8. The summed E-state index contributed by atoms with van der Waals surface area (Å²) in [5.41, 5.74) is 6.97. The van der Waals surface area contributed by atoms with Gasteiger partial charge in [0.25, 0.3) is 0 Å². The molecule has 160 valence electrons. The Kier molecular flexibility index (Phi) is 5.88. The summed E-state index contributed by atoms with van der Waals surface area (Å²) in [7, 11) is 1.81. The molecule has 1 fully saturated rings. The highest BCUT2D eigenvalue weighted by atomic mass is 16.5. The molecule has 1 aromatic rings. The predicted octanol–water partition coefficient (Wildman–Crippen LogP) is 7.77. The van der Waals surface area contributed by atoms with Crippen molar-refractivity contribution in [3.63, 3.8) is 0 Å². The first-order valence-electron chi connectivity index (χ1n) is 12.2. The van der Waals surface area contributed by atoms with Gasteiger partial charge in [-0.3, -0.25) is 0 Å². The SMILES string of the molecule is COC1=Cc2ccc3c(c2CC1)CC[C@]1(C)[C@H]3CC[C@H]1[C@H](C)CC[C@H](C)C(C)C. The van der Waals surface area contributed by atoms with Gasteiger partial charge < -0.3 is 4.74 Å². The van der Waals surface area contributed by atoms with Crippen LogP contribution < -0.4 is 0 Å². The van der Waals surface area contributed by atoms with E-state index in [2.05, 4.69) is 52.8 Å². The molecule has 4 rings (SSSR count). The van der Waals surface area contributed by atoms with E-state index in [9.17, 15) is 0 Å². The van der Waals surface area contributed by atoms with Gasteiger partial charge in [0.1, 0.15) is 0 Å². The summed E-state index contributed by atoms with van der Waals surface area (Å²) in [6, 6.07) is 4.87. The molecule has 3 aliphatic rings. The lowest BCUT2D eigenvalue weighted by molar-refractivity contribution is 0.115. The molecule has 0 heterocycles. The first-order chi connectivity index (χ1) is 13.8. The highest BCUT2D eigenvalue weighted by molar-refractivity contribution is 5.62. The molecular formula is C28H42O. The second-order valence-corrected chi connectivity index (χ2v) is 11.0. The van der Waals surface area contributed by atoms with Crippen LogP contribution in [-0.2, 0) is 17.6 Å². The fourth-order valence-electron chi connectivity index (χ4n) is 6.96. The topological polar surface area (TPSA) is 9.23 Å². The summed E-state index contributed by atoms with van der Waals surface area (Å²) >= 11 is 0. The van der Waals surface area contributed by atoms with Crippen molar-refractivity contribution in [1.29, 1.82) is 0 Å². The Hall–Kier alpha value is -1.24. The van der Waals surface area contributed by atoms with Crippen molar-refractivity contribution in [3.8, 4) is 0 Å². The number of hydrogen-bond acceptors (Lipinski definition) is 1. The lowest BCUT2D eigenvalue weighted by Gasteiger charge is -2.45. The summed E-state index contributed by atoms with van der Waals surface area (Å²) in [6.07, 6.45) is 12.8. The molecule has 0 saturated heterocycles. The maximum atomic E-state index is 5.53. The first-order valence-corrected chi connectivity index (χ1v) is 12.2. The third-order valence-electron chi connectivity index (χ3n) is 9.30. The third-order valence-corrected chi connectivity index (χ3v) is 9.30. The summed E-state index contributed by atoms with van der Waals surface area (Å²) in [6.45, 7) is 12.4. The van der Waals surface area contributed by atoms with Gasteiger partial charge in [0.15, 0.2) is 0 Å². The number of rotatable bonds is 6. The van der Waals surface area contributed by atoms with Gasteiger partial charge in [0.2, 0.25) is 0 Å². The van der Waals surface area contributed by atoms with E-state index in [-0.39, 0.29) is 0 Å². The van der Waals surface area contributed by atoms with Crippen molar-refractivity contribution in [2.75, 3.05) is 7.11 Å². The van der Waals surface area contributed by atoms with Gasteiger partial charge in [0, 0.05) is 6.42 Å². The Bertz CT molecular complexity index is 773. The van der Waals surface area contributed by atoms with Gasteiger partial charge in [0.05, 0.1) is 12.9 Å². The minimum atomic E-state index is 0.504. The van der Waals surface area contributed by atoms with Crippen LogP contribution in [0.1, 0.15) is 101 Å². The third kappa shape index (κ3) is 3.68. The Morgan fingerprint density at radius 1 is 1.00 bits per heavy atom. The van der Waals surface area contributed by atoms with Gasteiger partial charge in [-0.25, -0.2) is 0 Å². The van der Waals surface area contributed by atoms with Crippen LogP contribution in [0.15, 0.2) is 17.9 Å². The molecule has 1 saturated carbocycles. The lowest BCUT2D eigenvalue weighted by Crippen LogP contribution is -2.35. The maximum Gasteiger partial charge on any atom is 0.0964 e. The normalized spacial score (nSPS) is 30.2. The van der Waals surface area contributed by atoms with Crippen molar-refractivity contribution in [2.24, 2.45) is 29.1 Å². The van der Waals surface area contributed by atoms with Gasteiger partial charge in [-0.1, -0.05) is 59.6 Å². The number of hydrogen-bond donors (Lipinski definition) is 0. The monoisotopic (exact) mass is 394 g/mol. The zero-order valence-corrected chi connectivity index (χ0v) is 19.7. The zero-order valence-electron chi connectivity index (χ0n) is 19.7. The van der Waals surface area contributed by atoms with Crippen LogP contribution in [0.3, 0.4) is 0 Å². The number of benzene rings is 1. The number of fused-ring (bicyclic) bond motifs is 5. The van der Waals surface area contributed by atoms with Crippen LogP contribution in [0.2, 0.25) is 0 Å². The van der Waals surface area contributed by atoms with E-state index in [4.69, 9.17) is 4.74 Å². The summed E-state index contributed by atoms with van der Waals surface area (Å²) in [5, 5.41) is 0. The second kappa shape index (κ2) is 8.12. The smallest absolute Gasteiger partial charge is 0.0964 e. The molecule has 0 bridgehead atoms. The van der Waals surface area contributed by atoms with Gasteiger partial charge in [-0.15, -0.1) is 0 Å². The molecule has 0 radical (unpaired) electrons. The van der Waals surface area contributed by atoms with Gasteiger partial charge >= 0.3 is 0 Å². The predicted molar refractivity (Wildman–Crippen MR) is 124 cm³/mol. The van der Waals surface area contributed by atoms with Crippen molar-refractivity contribution in [3.05, 3.63) is 40.1 Å². The molecule has 1 nitrogen and oxygen atoms in total. The Morgan fingerprint density at radius 3 is 2.52 bits per heavy atom. The summed E-state index contributed by atoms with van der Waals surface area (Å²) in [4.78, 5) is 0. The van der Waals surface area contributed by atoms with Crippen LogP contribution in [0, 0.1) is 29.1 Å². The largest absolute Gasteiger partial charge is 0.501 e. The van der Waals surface area contributed by atoms with Gasteiger partial charge in [-0.05, 0) is 95.4 Å². The molecule has 0 aromatic heterocycles. The molecule has 0 N–H and O–H groups in total. The highest BCUT2D eigenvalue weighted by Crippen LogP contribution is 2.61. The minimum absolute atomic E-state index is 0.504. The highest BCUT2D eigenvalue weighted by Gasteiger charge is 2.51. The number of ether oxygens (including phenoxy) is 1. The second-order valence-electron chi connectivity index (χ2n) is 11.0. The maximum absolute atomic E-state index is 5.53. The van der Waals surface area contributed by atoms with Crippen molar-refractivity contribution >= 4 is 6.08 Å². The lowest BCUT2D eigenvalue weighted by atomic mass is 9.60. The van der Waals surface area contributed by atoms with E-state index in [1.165, 1.54) is 44.1 Å². The Morgan fingerprint density at radius 2 is 1.79 bits per heavy atom. The first kappa shape index (κ1) is 21.0. The van der Waals surface area contributed by atoms with Crippen molar-refractivity contribution in [2.45, 2.75) is 91.9 Å². The minimum Gasteiger partial charge on any atom is -0.501 e. The van der Waals surface area contributed by atoms with E-state index in [0.29, 0.717) is 5.41 Å². The Balaban J connectivity index is 1.55. The van der Waals surface area contributed by atoms with Crippen LogP contribution in [0.25, 0.3) is 6.08 Å². The molecule has 3 aliphatic carbocycles. The quantitative estimate of drug-likeness (QED) is 0.479. The number of methoxy groups -OCH3 is 1. The van der Waals surface area contributed by atoms with Crippen LogP contribution in [-0.4, -0.2) is 7.11 Å². The van der Waals surface area contributed by atoms with E-state index in [1.54, 1.807) is 16.7 Å². The molecule has 0 amide bonds. The average molecular weight is 395 g/mol. The average Bonchev–Trinajstić information content (AvgIpc) is 3.08. The fraction of sp³-hybridized carbons (Fsp3) is 0.714. The molecule has 1 aromatic carbocycles. The van der Waals surface area contributed by atoms with E-state index >= 15 is 0 Å². The molecule has 5 atom stereocenters. The van der Waals surface area contributed by atoms with Crippen LogP contribution >= 0.6 is 0 Å². The van der Waals surface area contributed by atoms with Crippen molar-refractivity contribution < 1.29 is 4.74 Å². The van der Waals surface area contributed by atoms with E-state index < -0.39 is 0 Å². The van der Waals surface area contributed by atoms with Crippen LogP contribution in [0.4, 0.5) is 0 Å². The molecule has 29 heavy (non-hydrogen) atoms. The molecule has 0 unspecified atom stereocenters. The summed E-state index contributed by atoms with van der Waals surface area (Å²) in [5.74, 6) is 5.34. The van der Waals surface area contributed by atoms with E-state index in [1.807, 2.05) is 7.11 Å². The standard InChI is InChI=1S/C28H42O/c1-18(2)19(3)7-8-20(4)26-13-14-27-25-11-9-21-17-22(29-6)10-12-23(21)24(25)15-16-28(26,27)5/h9,11,17-20,26-27H,7-8,10,12-16H2,1-6H3/t19-,20+,26-,27-,28-/m0/s1. The molecule has 0 aliphatic heterocycles. The molecular weight excluding hydrogens is 352 g/mol. The number of allylic oxidation sites excluding steroid dienone is 1. The van der Waals surface area contributed by atoms with E-state index in [0.717, 1.165) is 48.2 Å². The fourth-order valence-corrected chi connectivity index (χ4v) is 6.96. The van der Waals surface area contributed by atoms with Crippen molar-refractivity contribution in [1.82, 2.24) is 0 Å². The molecule has 0 spiro atoms. The summed E-state index contributed by atoms with van der Waals surface area (Å²) < 4.78 is 5.53. The van der Waals surface area contributed by atoms with Gasteiger partial charge in [-0.2, -0.15) is 0 Å².